The molecule has 0 bridgehead atoms. The molecule has 0 radical (unpaired) electrons. The Hall–Kier alpha value is -2.19. The van der Waals surface area contributed by atoms with Gasteiger partial charge in [0.25, 0.3) is 5.56 Å². The Kier molecular flexibility index (Phi) is 6.06. The standard InChI is InChI=1S/C20H29N3O4S/c1-13-10-15(20(3,4)5)11-14(2)16(13)8-9-21-28(26,27)17-12-22(6)19(25)23(7)18(17)24/h10-12,21H,8-9H2,1-7H3. The molecule has 0 aliphatic carbocycles. The van der Waals surface area contributed by atoms with E-state index in [9.17, 15) is 18.0 Å². The lowest BCUT2D eigenvalue weighted by Gasteiger charge is -2.22. The van der Waals surface area contributed by atoms with Crippen molar-refractivity contribution in [3.63, 3.8) is 0 Å². The normalized spacial score (nSPS) is 12.4. The van der Waals surface area contributed by atoms with Crippen LogP contribution in [0.25, 0.3) is 0 Å². The Balaban J connectivity index is 2.24. The summed E-state index contributed by atoms with van der Waals surface area (Å²) in [5.41, 5.74) is 3.18. The highest BCUT2D eigenvalue weighted by Gasteiger charge is 2.21. The molecular formula is C20H29N3O4S. The molecule has 0 saturated carbocycles. The van der Waals surface area contributed by atoms with E-state index in [1.807, 2.05) is 13.8 Å². The zero-order valence-electron chi connectivity index (χ0n) is 17.6. The lowest BCUT2D eigenvalue weighted by atomic mass is 9.83. The molecule has 0 aliphatic rings. The Labute approximate surface area is 166 Å². The van der Waals surface area contributed by atoms with Crippen molar-refractivity contribution in [3.05, 3.63) is 61.4 Å². The molecule has 1 aromatic heterocycles. The number of aromatic nitrogens is 2. The second-order valence-electron chi connectivity index (χ2n) is 8.24. The maximum absolute atomic E-state index is 12.6. The van der Waals surface area contributed by atoms with Crippen LogP contribution in [0.5, 0.6) is 0 Å². The summed E-state index contributed by atoms with van der Waals surface area (Å²) in [5, 5.41) is 0. The van der Waals surface area contributed by atoms with E-state index in [0.717, 1.165) is 32.0 Å². The van der Waals surface area contributed by atoms with Gasteiger partial charge in [-0.25, -0.2) is 17.9 Å². The molecule has 8 heteroatoms. The highest BCUT2D eigenvalue weighted by Crippen LogP contribution is 2.27. The van der Waals surface area contributed by atoms with Crippen molar-refractivity contribution in [2.45, 2.75) is 51.3 Å². The van der Waals surface area contributed by atoms with Crippen molar-refractivity contribution >= 4 is 10.0 Å². The van der Waals surface area contributed by atoms with Gasteiger partial charge in [0.2, 0.25) is 10.0 Å². The first kappa shape index (κ1) is 22.1. The van der Waals surface area contributed by atoms with Gasteiger partial charge in [-0.1, -0.05) is 32.9 Å². The summed E-state index contributed by atoms with van der Waals surface area (Å²) < 4.78 is 29.5. The van der Waals surface area contributed by atoms with E-state index in [2.05, 4.69) is 37.6 Å². The van der Waals surface area contributed by atoms with Crippen LogP contribution in [-0.2, 0) is 36.0 Å². The van der Waals surface area contributed by atoms with E-state index in [1.165, 1.54) is 19.7 Å². The van der Waals surface area contributed by atoms with E-state index in [-0.39, 0.29) is 12.0 Å². The molecule has 0 unspecified atom stereocenters. The van der Waals surface area contributed by atoms with E-state index < -0.39 is 26.2 Å². The highest BCUT2D eigenvalue weighted by molar-refractivity contribution is 7.89. The van der Waals surface area contributed by atoms with Gasteiger partial charge in [0.05, 0.1) is 0 Å². The minimum Gasteiger partial charge on any atom is -0.302 e. The molecule has 0 fully saturated rings. The van der Waals surface area contributed by atoms with Crippen molar-refractivity contribution in [1.82, 2.24) is 13.9 Å². The van der Waals surface area contributed by atoms with Gasteiger partial charge in [-0.3, -0.25) is 9.36 Å². The molecule has 7 nitrogen and oxygen atoms in total. The zero-order chi connectivity index (χ0) is 21.4. The van der Waals surface area contributed by atoms with Gasteiger partial charge in [-0.15, -0.1) is 0 Å². The molecule has 0 amide bonds. The number of benzene rings is 1. The summed E-state index contributed by atoms with van der Waals surface area (Å²) in [6.07, 6.45) is 1.56. The number of sulfonamides is 1. The van der Waals surface area contributed by atoms with Crippen LogP contribution < -0.4 is 16.0 Å². The fourth-order valence-electron chi connectivity index (χ4n) is 3.17. The molecule has 1 heterocycles. The van der Waals surface area contributed by atoms with Crippen molar-refractivity contribution in [2.75, 3.05) is 6.54 Å². The average molecular weight is 408 g/mol. The molecule has 28 heavy (non-hydrogen) atoms. The van der Waals surface area contributed by atoms with E-state index in [1.54, 1.807) is 0 Å². The van der Waals surface area contributed by atoms with Crippen LogP contribution >= 0.6 is 0 Å². The first-order chi connectivity index (χ1) is 12.8. The second-order valence-corrected chi connectivity index (χ2v) is 9.97. The first-order valence-electron chi connectivity index (χ1n) is 9.12. The second kappa shape index (κ2) is 7.67. The van der Waals surface area contributed by atoms with Crippen molar-refractivity contribution in [2.24, 2.45) is 14.1 Å². The number of nitrogens with one attached hydrogen (secondary N) is 1. The maximum atomic E-state index is 12.6. The lowest BCUT2D eigenvalue weighted by molar-refractivity contribution is 0.570. The van der Waals surface area contributed by atoms with Crippen LogP contribution in [0.1, 0.15) is 43.0 Å². The zero-order valence-corrected chi connectivity index (χ0v) is 18.4. The van der Waals surface area contributed by atoms with Crippen LogP contribution in [-0.4, -0.2) is 24.1 Å². The smallest absolute Gasteiger partial charge is 0.302 e. The highest BCUT2D eigenvalue weighted by atomic mass is 32.2. The number of rotatable bonds is 5. The summed E-state index contributed by atoms with van der Waals surface area (Å²) in [6.45, 7) is 10.7. The molecule has 0 aliphatic heterocycles. The van der Waals surface area contributed by atoms with Crippen LogP contribution in [0.4, 0.5) is 0 Å². The number of hydrogen-bond donors (Lipinski definition) is 1. The molecule has 0 saturated heterocycles. The molecule has 2 rings (SSSR count). The average Bonchev–Trinajstić information content (AvgIpc) is 2.57. The van der Waals surface area contributed by atoms with Gasteiger partial charge in [-0.2, -0.15) is 0 Å². The van der Waals surface area contributed by atoms with Gasteiger partial charge in [0, 0.05) is 26.8 Å². The topological polar surface area (TPSA) is 90.2 Å². The third-order valence-corrected chi connectivity index (χ3v) is 6.38. The fourth-order valence-corrected chi connectivity index (χ4v) is 4.36. The van der Waals surface area contributed by atoms with E-state index >= 15 is 0 Å². The summed E-state index contributed by atoms with van der Waals surface area (Å²) >= 11 is 0. The SMILES string of the molecule is Cc1cc(C(C)(C)C)cc(C)c1CCNS(=O)(=O)c1cn(C)c(=O)n(C)c1=O. The van der Waals surface area contributed by atoms with Crippen molar-refractivity contribution in [1.29, 1.82) is 0 Å². The number of aryl methyl sites for hydroxylation is 3. The quantitative estimate of drug-likeness (QED) is 0.814. The minimum absolute atomic E-state index is 0.0406. The Morgan fingerprint density at radius 3 is 2.07 bits per heavy atom. The minimum atomic E-state index is -4.02. The largest absolute Gasteiger partial charge is 0.330 e. The predicted octanol–water partition coefficient (Wildman–Crippen LogP) is 1.52. The Bertz CT molecular complexity index is 1100. The fraction of sp³-hybridized carbons (Fsp3) is 0.500. The molecule has 0 spiro atoms. The summed E-state index contributed by atoms with van der Waals surface area (Å²) in [6, 6.07) is 4.28. The molecule has 154 valence electrons. The third-order valence-electron chi connectivity index (χ3n) is 4.93. The number of nitrogens with zero attached hydrogens (tertiary/aromatic N) is 2. The van der Waals surface area contributed by atoms with E-state index in [4.69, 9.17) is 0 Å². The molecule has 1 N–H and O–H groups in total. The van der Waals surface area contributed by atoms with Crippen LogP contribution in [0.3, 0.4) is 0 Å². The van der Waals surface area contributed by atoms with Crippen LogP contribution in [0.2, 0.25) is 0 Å². The summed E-state index contributed by atoms with van der Waals surface area (Å²) in [5.74, 6) is 0. The number of hydrogen-bond acceptors (Lipinski definition) is 4. The van der Waals surface area contributed by atoms with Crippen molar-refractivity contribution < 1.29 is 8.42 Å². The molecule has 1 aromatic carbocycles. The van der Waals surface area contributed by atoms with E-state index in [0.29, 0.717) is 6.42 Å². The summed E-state index contributed by atoms with van der Waals surface area (Å²) in [4.78, 5) is 23.5. The molecule has 0 atom stereocenters. The van der Waals surface area contributed by atoms with Crippen LogP contribution in [0, 0.1) is 13.8 Å². The van der Waals surface area contributed by atoms with Gasteiger partial charge in [-0.05, 0) is 47.9 Å². The lowest BCUT2D eigenvalue weighted by Crippen LogP contribution is -2.41. The van der Waals surface area contributed by atoms with Gasteiger partial charge in [0.1, 0.15) is 0 Å². The first-order valence-corrected chi connectivity index (χ1v) is 10.6. The molecule has 2 aromatic rings. The van der Waals surface area contributed by atoms with Gasteiger partial charge >= 0.3 is 5.69 Å². The van der Waals surface area contributed by atoms with Crippen LogP contribution in [0.15, 0.2) is 32.8 Å². The molecular weight excluding hydrogens is 378 g/mol. The summed E-state index contributed by atoms with van der Waals surface area (Å²) in [7, 11) is -1.36. The Morgan fingerprint density at radius 1 is 1.04 bits per heavy atom. The maximum Gasteiger partial charge on any atom is 0.330 e. The predicted molar refractivity (Wildman–Crippen MR) is 110 cm³/mol. The van der Waals surface area contributed by atoms with Gasteiger partial charge < -0.3 is 4.57 Å². The monoisotopic (exact) mass is 407 g/mol. The van der Waals surface area contributed by atoms with Crippen molar-refractivity contribution in [3.8, 4) is 0 Å². The van der Waals surface area contributed by atoms with Gasteiger partial charge in [0.15, 0.2) is 4.90 Å². The third kappa shape index (κ3) is 4.44. The Morgan fingerprint density at radius 2 is 1.57 bits per heavy atom.